The van der Waals surface area contributed by atoms with Gasteiger partial charge in [-0.15, -0.1) is 0 Å². The number of hydrogen-bond donors (Lipinski definition) is 1. The van der Waals surface area contributed by atoms with Crippen molar-refractivity contribution in [3.8, 4) is 0 Å². The first kappa shape index (κ1) is 14.2. The second-order valence-electron chi connectivity index (χ2n) is 6.20. The number of rotatable bonds is 1. The number of amidine groups is 1. The summed E-state index contributed by atoms with van der Waals surface area (Å²) in [7, 11) is -2.81. The summed E-state index contributed by atoms with van der Waals surface area (Å²) >= 11 is 1.71. The fraction of sp³-hybridized carbons (Fsp3) is 0.917. The van der Waals surface area contributed by atoms with Gasteiger partial charge in [-0.1, -0.05) is 32.5 Å². The molecule has 2 heterocycles. The van der Waals surface area contributed by atoms with E-state index in [0.29, 0.717) is 18.2 Å². The van der Waals surface area contributed by atoms with Gasteiger partial charge in [0.15, 0.2) is 15.0 Å². The van der Waals surface area contributed by atoms with Crippen molar-refractivity contribution in [1.29, 1.82) is 0 Å². The monoisotopic (exact) mass is 290 g/mol. The zero-order valence-corrected chi connectivity index (χ0v) is 12.9. The molecule has 1 saturated heterocycles. The predicted octanol–water partition coefficient (Wildman–Crippen LogP) is 1.67. The highest BCUT2D eigenvalue weighted by Gasteiger charge is 2.31. The Kier molecular flexibility index (Phi) is 3.97. The molecule has 0 aromatic heterocycles. The van der Waals surface area contributed by atoms with Crippen molar-refractivity contribution in [1.82, 2.24) is 5.32 Å². The molecule has 0 saturated carbocycles. The van der Waals surface area contributed by atoms with E-state index in [1.165, 1.54) is 0 Å². The average molecular weight is 290 g/mol. The topological polar surface area (TPSA) is 58.5 Å². The van der Waals surface area contributed by atoms with Gasteiger partial charge in [0, 0.05) is 11.8 Å². The van der Waals surface area contributed by atoms with Crippen LogP contribution in [-0.4, -0.2) is 42.9 Å². The van der Waals surface area contributed by atoms with Gasteiger partial charge in [-0.05, 0) is 18.3 Å². The highest BCUT2D eigenvalue weighted by molar-refractivity contribution is 8.13. The van der Waals surface area contributed by atoms with Crippen molar-refractivity contribution in [2.24, 2.45) is 10.4 Å². The Morgan fingerprint density at radius 3 is 2.61 bits per heavy atom. The second-order valence-corrected chi connectivity index (χ2v) is 9.51. The van der Waals surface area contributed by atoms with Gasteiger partial charge in [-0.25, -0.2) is 8.42 Å². The number of nitrogens with zero attached hydrogens (tertiary/aromatic N) is 1. The summed E-state index contributed by atoms with van der Waals surface area (Å²) in [6, 6.07) is 0.388. The first-order valence-corrected chi connectivity index (χ1v) is 9.24. The van der Waals surface area contributed by atoms with Crippen molar-refractivity contribution < 1.29 is 8.42 Å². The van der Waals surface area contributed by atoms with E-state index in [-0.39, 0.29) is 17.2 Å². The number of aliphatic imine (C=N–C) groups is 1. The Labute approximate surface area is 114 Å². The SMILES string of the molecule is CC(C)(C)C1CCSC(NC2CCS(=O)(=O)C2)=N1. The molecular weight excluding hydrogens is 268 g/mol. The Balaban J connectivity index is 1.99. The van der Waals surface area contributed by atoms with Crippen LogP contribution < -0.4 is 5.32 Å². The summed E-state index contributed by atoms with van der Waals surface area (Å²) < 4.78 is 22.8. The fourth-order valence-electron chi connectivity index (χ4n) is 2.30. The lowest BCUT2D eigenvalue weighted by molar-refractivity contribution is 0.315. The Morgan fingerprint density at radius 1 is 1.33 bits per heavy atom. The Bertz CT molecular complexity index is 437. The van der Waals surface area contributed by atoms with Crippen molar-refractivity contribution >= 4 is 26.8 Å². The molecule has 0 radical (unpaired) electrons. The molecule has 0 aromatic rings. The van der Waals surface area contributed by atoms with Crippen LogP contribution in [-0.2, 0) is 9.84 Å². The standard InChI is InChI=1S/C12H22N2O2S2/c1-12(2,3)10-4-6-17-11(14-10)13-9-5-7-18(15,16)8-9/h9-10H,4-8H2,1-3H3,(H,13,14). The smallest absolute Gasteiger partial charge is 0.157 e. The largest absolute Gasteiger partial charge is 0.361 e. The van der Waals surface area contributed by atoms with E-state index in [1.807, 2.05) is 0 Å². The van der Waals surface area contributed by atoms with Gasteiger partial charge in [0.05, 0.1) is 17.5 Å². The molecule has 2 aliphatic rings. The lowest BCUT2D eigenvalue weighted by atomic mass is 9.85. The van der Waals surface area contributed by atoms with E-state index in [0.717, 1.165) is 17.3 Å². The highest BCUT2D eigenvalue weighted by Crippen LogP contribution is 2.30. The van der Waals surface area contributed by atoms with Crippen LogP contribution in [0.5, 0.6) is 0 Å². The van der Waals surface area contributed by atoms with E-state index in [1.54, 1.807) is 11.8 Å². The number of hydrogen-bond acceptors (Lipinski definition) is 5. The summed E-state index contributed by atoms with van der Waals surface area (Å²) in [5.74, 6) is 1.63. The van der Waals surface area contributed by atoms with Crippen LogP contribution >= 0.6 is 11.8 Å². The first-order valence-electron chi connectivity index (χ1n) is 6.44. The lowest BCUT2D eigenvalue weighted by Gasteiger charge is -2.31. The van der Waals surface area contributed by atoms with Gasteiger partial charge >= 0.3 is 0 Å². The normalized spacial score (nSPS) is 32.1. The molecule has 2 aliphatic heterocycles. The molecule has 2 unspecified atom stereocenters. The maximum absolute atomic E-state index is 11.4. The third-order valence-corrected chi connectivity index (χ3v) is 6.17. The molecule has 2 rings (SSSR count). The highest BCUT2D eigenvalue weighted by atomic mass is 32.2. The number of sulfone groups is 1. The van der Waals surface area contributed by atoms with Crippen LogP contribution in [0.25, 0.3) is 0 Å². The van der Waals surface area contributed by atoms with E-state index in [4.69, 9.17) is 4.99 Å². The quantitative estimate of drug-likeness (QED) is 0.798. The third-order valence-electron chi connectivity index (χ3n) is 3.46. The predicted molar refractivity (Wildman–Crippen MR) is 77.9 cm³/mol. The third kappa shape index (κ3) is 3.63. The minimum atomic E-state index is -2.81. The van der Waals surface area contributed by atoms with Crippen LogP contribution in [0, 0.1) is 5.41 Å². The average Bonchev–Trinajstić information content (AvgIpc) is 2.57. The fourth-order valence-corrected chi connectivity index (χ4v) is 4.96. The zero-order valence-electron chi connectivity index (χ0n) is 11.3. The van der Waals surface area contributed by atoms with Gasteiger partial charge in [0.1, 0.15) is 0 Å². The molecule has 0 amide bonds. The molecule has 1 fully saturated rings. The molecule has 0 aliphatic carbocycles. The molecule has 1 N–H and O–H groups in total. The van der Waals surface area contributed by atoms with E-state index in [2.05, 4.69) is 26.1 Å². The van der Waals surface area contributed by atoms with Crippen molar-refractivity contribution in [3.63, 3.8) is 0 Å². The van der Waals surface area contributed by atoms with Gasteiger partial charge in [0.25, 0.3) is 0 Å². The van der Waals surface area contributed by atoms with Crippen LogP contribution in [0.2, 0.25) is 0 Å². The molecule has 4 nitrogen and oxygen atoms in total. The molecule has 2 atom stereocenters. The van der Waals surface area contributed by atoms with Gasteiger partial charge < -0.3 is 5.32 Å². The molecular formula is C12H22N2O2S2. The van der Waals surface area contributed by atoms with Crippen LogP contribution in [0.1, 0.15) is 33.6 Å². The maximum atomic E-state index is 11.4. The molecule has 18 heavy (non-hydrogen) atoms. The molecule has 0 bridgehead atoms. The number of thioether (sulfide) groups is 1. The van der Waals surface area contributed by atoms with Crippen LogP contribution in [0.4, 0.5) is 0 Å². The van der Waals surface area contributed by atoms with Crippen molar-refractivity contribution in [2.45, 2.75) is 45.7 Å². The van der Waals surface area contributed by atoms with Crippen LogP contribution in [0.3, 0.4) is 0 Å². The van der Waals surface area contributed by atoms with Crippen molar-refractivity contribution in [2.75, 3.05) is 17.3 Å². The molecule has 0 aromatic carbocycles. The summed E-state index contributed by atoms with van der Waals surface area (Å²) in [6.45, 7) is 6.61. The van der Waals surface area contributed by atoms with E-state index < -0.39 is 9.84 Å². The van der Waals surface area contributed by atoms with Crippen LogP contribution in [0.15, 0.2) is 4.99 Å². The first-order chi connectivity index (χ1) is 8.26. The minimum Gasteiger partial charge on any atom is -0.361 e. The maximum Gasteiger partial charge on any atom is 0.157 e. The number of nitrogens with one attached hydrogen (secondary N) is 1. The lowest BCUT2D eigenvalue weighted by Crippen LogP contribution is -2.38. The zero-order chi connectivity index (χ0) is 13.4. The summed E-state index contributed by atoms with van der Waals surface area (Å²) in [4.78, 5) is 4.74. The molecule has 104 valence electrons. The minimum absolute atomic E-state index is 0.0555. The second kappa shape index (κ2) is 5.04. The summed E-state index contributed by atoms with van der Waals surface area (Å²) in [5.41, 5.74) is 0.176. The van der Waals surface area contributed by atoms with Gasteiger partial charge in [-0.3, -0.25) is 4.99 Å². The molecule has 0 spiro atoms. The van der Waals surface area contributed by atoms with Gasteiger partial charge in [0.2, 0.25) is 0 Å². The molecule has 6 heteroatoms. The van der Waals surface area contributed by atoms with Gasteiger partial charge in [-0.2, -0.15) is 0 Å². The van der Waals surface area contributed by atoms with E-state index >= 15 is 0 Å². The summed E-state index contributed by atoms with van der Waals surface area (Å²) in [6.07, 6.45) is 1.81. The van der Waals surface area contributed by atoms with E-state index in [9.17, 15) is 8.42 Å². The van der Waals surface area contributed by atoms with Crippen molar-refractivity contribution in [3.05, 3.63) is 0 Å². The Morgan fingerprint density at radius 2 is 2.06 bits per heavy atom. The Hall–Kier alpha value is -0.230. The summed E-state index contributed by atoms with van der Waals surface area (Å²) in [5, 5.41) is 4.24.